The van der Waals surface area contributed by atoms with Gasteiger partial charge in [-0.25, -0.2) is 0 Å². The Morgan fingerprint density at radius 3 is 2.68 bits per heavy atom. The quantitative estimate of drug-likeness (QED) is 0.557. The van der Waals surface area contributed by atoms with Crippen molar-refractivity contribution in [1.29, 1.82) is 0 Å². The van der Waals surface area contributed by atoms with E-state index in [-0.39, 0.29) is 5.82 Å². The summed E-state index contributed by atoms with van der Waals surface area (Å²) in [6.45, 7) is 0. The molecule has 2 N–H and O–H groups in total. The van der Waals surface area contributed by atoms with E-state index >= 15 is 0 Å². The molecule has 3 aromatic rings. The van der Waals surface area contributed by atoms with Gasteiger partial charge in [-0.05, 0) is 29.0 Å². The van der Waals surface area contributed by atoms with Crippen molar-refractivity contribution >= 4 is 28.6 Å². The average Bonchev–Trinajstić information content (AvgIpc) is 2.58. The first-order valence-electron chi connectivity index (χ1n) is 7.22. The zero-order chi connectivity index (χ0) is 18.0. The molecule has 0 radical (unpaired) electrons. The highest BCUT2D eigenvalue weighted by Gasteiger charge is 2.21. The van der Waals surface area contributed by atoms with Crippen LogP contribution in [0.5, 0.6) is 11.6 Å². The number of H-pyrrole nitrogens is 1. The van der Waals surface area contributed by atoms with Crippen molar-refractivity contribution in [3.05, 3.63) is 68.3 Å². The number of aromatic hydroxyl groups is 1. The number of methoxy groups -OCH3 is 1. The highest BCUT2D eigenvalue weighted by atomic mass is 16.6. The van der Waals surface area contributed by atoms with Gasteiger partial charge in [0.1, 0.15) is 11.6 Å². The van der Waals surface area contributed by atoms with Crippen LogP contribution in [-0.2, 0) is 0 Å². The molecular weight excluding hydrogens is 326 g/mol. The largest absolute Gasteiger partial charge is 0.496 e. The Bertz CT molecular complexity index is 1060. The second-order valence-corrected chi connectivity index (χ2v) is 5.12. The molecule has 0 fully saturated rings. The number of nitrogens with one attached hydrogen (secondary N) is 1. The predicted octanol–water partition coefficient (Wildman–Crippen LogP) is 2.72. The molecule has 0 amide bonds. The topological polar surface area (TPSA) is 118 Å². The Balaban J connectivity index is 2.10. The number of hydrogen-bond donors (Lipinski definition) is 2. The Kier molecular flexibility index (Phi) is 4.17. The van der Waals surface area contributed by atoms with Crippen LogP contribution < -0.4 is 10.3 Å². The van der Waals surface area contributed by atoms with Gasteiger partial charge in [0.2, 0.25) is 0 Å². The van der Waals surface area contributed by atoms with E-state index in [0.29, 0.717) is 5.75 Å². The van der Waals surface area contributed by atoms with Crippen LogP contribution in [0.4, 0.5) is 5.69 Å². The van der Waals surface area contributed by atoms with Gasteiger partial charge in [-0.3, -0.25) is 14.9 Å². The molecule has 8 nitrogen and oxygen atoms in total. The molecule has 126 valence electrons. The summed E-state index contributed by atoms with van der Waals surface area (Å²) >= 11 is 0. The monoisotopic (exact) mass is 339 g/mol. The normalized spacial score (nSPS) is 11.1. The van der Waals surface area contributed by atoms with Gasteiger partial charge in [0.05, 0.1) is 12.0 Å². The van der Waals surface area contributed by atoms with Crippen molar-refractivity contribution in [2.24, 2.45) is 0 Å². The summed E-state index contributed by atoms with van der Waals surface area (Å²) < 4.78 is 5.36. The van der Waals surface area contributed by atoms with Gasteiger partial charge in [0.15, 0.2) is 0 Å². The SMILES string of the molecule is COc1ccc2ccccc2c1C=Cc1nc(O)c([N+](=O)[O-])c(=O)[nH]1. The van der Waals surface area contributed by atoms with Crippen molar-refractivity contribution in [3.8, 4) is 11.6 Å². The lowest BCUT2D eigenvalue weighted by atomic mass is 10.0. The molecule has 0 bridgehead atoms. The molecule has 0 aliphatic heterocycles. The van der Waals surface area contributed by atoms with Crippen LogP contribution >= 0.6 is 0 Å². The Morgan fingerprint density at radius 2 is 2.00 bits per heavy atom. The van der Waals surface area contributed by atoms with E-state index in [1.807, 2.05) is 36.4 Å². The molecule has 0 spiro atoms. The first-order chi connectivity index (χ1) is 12.0. The van der Waals surface area contributed by atoms with Gasteiger partial charge in [-0.15, -0.1) is 0 Å². The molecule has 2 aromatic carbocycles. The van der Waals surface area contributed by atoms with Gasteiger partial charge in [0, 0.05) is 5.56 Å². The molecule has 8 heteroatoms. The van der Waals surface area contributed by atoms with Gasteiger partial charge >= 0.3 is 11.2 Å². The summed E-state index contributed by atoms with van der Waals surface area (Å²) in [5, 5.41) is 22.2. The summed E-state index contributed by atoms with van der Waals surface area (Å²) in [4.78, 5) is 27.3. The second-order valence-electron chi connectivity index (χ2n) is 5.12. The molecule has 0 aliphatic rings. The molecule has 0 atom stereocenters. The van der Waals surface area contributed by atoms with Crippen LogP contribution in [0.25, 0.3) is 22.9 Å². The number of benzene rings is 2. The van der Waals surface area contributed by atoms with Crippen molar-refractivity contribution in [2.75, 3.05) is 7.11 Å². The zero-order valence-corrected chi connectivity index (χ0v) is 13.1. The Hall–Kier alpha value is -3.68. The summed E-state index contributed by atoms with van der Waals surface area (Å²) in [5.74, 6) is -0.329. The van der Waals surface area contributed by atoms with Crippen molar-refractivity contribution < 1.29 is 14.8 Å². The molecule has 3 rings (SSSR count). The van der Waals surface area contributed by atoms with Crippen molar-refractivity contribution in [2.45, 2.75) is 0 Å². The van der Waals surface area contributed by atoms with Gasteiger partial charge in [-0.2, -0.15) is 4.98 Å². The smallest absolute Gasteiger partial charge is 0.395 e. The maximum atomic E-state index is 11.7. The van der Waals surface area contributed by atoms with Crippen LogP contribution in [0.2, 0.25) is 0 Å². The first-order valence-corrected chi connectivity index (χ1v) is 7.22. The number of nitro groups is 1. The minimum Gasteiger partial charge on any atom is -0.496 e. The molecule has 0 aliphatic carbocycles. The predicted molar refractivity (Wildman–Crippen MR) is 92.6 cm³/mol. The number of aromatic nitrogens is 2. The van der Waals surface area contributed by atoms with Crippen LogP contribution in [-0.4, -0.2) is 27.1 Å². The summed E-state index contributed by atoms with van der Waals surface area (Å²) in [5.41, 5.74) is -1.26. The fourth-order valence-electron chi connectivity index (χ4n) is 2.50. The van der Waals surface area contributed by atoms with Gasteiger partial charge in [0.25, 0.3) is 5.88 Å². The van der Waals surface area contributed by atoms with Crippen LogP contribution in [0.1, 0.15) is 11.4 Å². The highest BCUT2D eigenvalue weighted by Crippen LogP contribution is 2.29. The van der Waals surface area contributed by atoms with Gasteiger partial charge < -0.3 is 14.8 Å². The Labute approximate surface area is 141 Å². The van der Waals surface area contributed by atoms with E-state index < -0.39 is 22.0 Å². The van der Waals surface area contributed by atoms with Crippen LogP contribution in [0, 0.1) is 10.1 Å². The summed E-state index contributed by atoms with van der Waals surface area (Å²) in [7, 11) is 1.54. The standard InChI is InChI=1S/C17H13N3O5/c1-25-13-8-6-10-4-2-3-5-11(10)12(13)7-9-14-18-16(21)15(20(23)24)17(22)19-14/h2-9H,1H3,(H2,18,19,21,22). The minimum atomic E-state index is -1.03. The van der Waals surface area contributed by atoms with Crippen molar-refractivity contribution in [1.82, 2.24) is 9.97 Å². The maximum absolute atomic E-state index is 11.7. The second kappa shape index (κ2) is 6.44. The third kappa shape index (κ3) is 3.05. The molecule has 1 aromatic heterocycles. The lowest BCUT2D eigenvalue weighted by Crippen LogP contribution is -2.14. The number of nitrogens with zero attached hydrogens (tertiary/aromatic N) is 2. The lowest BCUT2D eigenvalue weighted by molar-refractivity contribution is -0.387. The number of ether oxygens (including phenoxy) is 1. The average molecular weight is 339 g/mol. The fraction of sp³-hybridized carbons (Fsp3) is 0.0588. The lowest BCUT2D eigenvalue weighted by Gasteiger charge is -2.08. The minimum absolute atomic E-state index is 0.0110. The van der Waals surface area contributed by atoms with Crippen molar-refractivity contribution in [3.63, 3.8) is 0 Å². The van der Waals surface area contributed by atoms with E-state index in [1.54, 1.807) is 13.2 Å². The molecule has 25 heavy (non-hydrogen) atoms. The first kappa shape index (κ1) is 16.2. The summed E-state index contributed by atoms with van der Waals surface area (Å²) in [6.07, 6.45) is 3.10. The zero-order valence-electron chi connectivity index (χ0n) is 13.1. The van der Waals surface area contributed by atoms with E-state index in [4.69, 9.17) is 4.74 Å². The molecule has 0 saturated carbocycles. The fourth-order valence-corrected chi connectivity index (χ4v) is 2.50. The van der Waals surface area contributed by atoms with Crippen LogP contribution in [0.15, 0.2) is 41.2 Å². The number of rotatable bonds is 4. The summed E-state index contributed by atoms with van der Waals surface area (Å²) in [6, 6.07) is 11.4. The van der Waals surface area contributed by atoms with E-state index in [2.05, 4.69) is 9.97 Å². The molecule has 0 unspecified atom stereocenters. The molecule has 0 saturated heterocycles. The van der Waals surface area contributed by atoms with E-state index in [0.717, 1.165) is 16.3 Å². The van der Waals surface area contributed by atoms with Crippen LogP contribution in [0.3, 0.4) is 0 Å². The molecule has 1 heterocycles. The number of fused-ring (bicyclic) bond motifs is 1. The molecular formula is C17H13N3O5. The van der Waals surface area contributed by atoms with E-state index in [9.17, 15) is 20.0 Å². The highest BCUT2D eigenvalue weighted by molar-refractivity contribution is 5.95. The van der Waals surface area contributed by atoms with Gasteiger partial charge in [-0.1, -0.05) is 30.3 Å². The number of aromatic amines is 1. The Morgan fingerprint density at radius 1 is 1.24 bits per heavy atom. The third-order valence-electron chi connectivity index (χ3n) is 3.64. The number of hydrogen-bond acceptors (Lipinski definition) is 6. The van der Waals surface area contributed by atoms with E-state index in [1.165, 1.54) is 6.08 Å². The third-order valence-corrected chi connectivity index (χ3v) is 3.64. The maximum Gasteiger partial charge on any atom is 0.395 e.